The topological polar surface area (TPSA) is 263 Å². The fourth-order valence-corrected chi connectivity index (χ4v) is 4.84. The van der Waals surface area contributed by atoms with Crippen LogP contribution < -0.4 is 10.9 Å². The molecule has 0 fully saturated rings. The normalized spacial score (nSPS) is 11.4. The zero-order valence-corrected chi connectivity index (χ0v) is 21.7. The van der Waals surface area contributed by atoms with E-state index >= 15 is 0 Å². The first kappa shape index (κ1) is 27.5. The maximum absolute atomic E-state index is 13.3. The van der Waals surface area contributed by atoms with Crippen LogP contribution in [0.2, 0.25) is 0 Å². The predicted molar refractivity (Wildman–Crippen MR) is 151 cm³/mol. The molecule has 6 rings (SSSR count). The lowest BCUT2D eigenvalue weighted by atomic mass is 9.96. The van der Waals surface area contributed by atoms with Crippen molar-refractivity contribution in [3.05, 3.63) is 69.0 Å². The van der Waals surface area contributed by atoms with Crippen molar-refractivity contribution in [1.82, 2.24) is 0 Å². The summed E-state index contributed by atoms with van der Waals surface area (Å²) in [7, 11) is 0. The highest BCUT2D eigenvalue weighted by Crippen LogP contribution is 2.51. The summed E-state index contributed by atoms with van der Waals surface area (Å²) in [5.41, 5.74) is -5.18. The Morgan fingerprint density at radius 2 is 0.932 bits per heavy atom. The predicted octanol–water partition coefficient (Wildman–Crippen LogP) is 3.96. The van der Waals surface area contributed by atoms with Crippen molar-refractivity contribution in [1.29, 1.82) is 0 Å². The Hall–Kier alpha value is -6.70. The standard InChI is InChI=1S/C30H18O14/c31-11-3-1-9(5-13(11)33)28-27(42)25(40)22-18(43-28)8-17(37)19(23(22)38)20-15(35)7-16(36)21-24(39)26(41)29(44-30(20)21)10-2-4-12(32)14(34)6-10/h1-8,31-38,41-42H. The van der Waals surface area contributed by atoms with Gasteiger partial charge in [0.25, 0.3) is 0 Å². The van der Waals surface area contributed by atoms with Crippen LogP contribution in [0, 0.1) is 0 Å². The Labute approximate surface area is 242 Å². The Morgan fingerprint density at radius 3 is 1.48 bits per heavy atom. The lowest BCUT2D eigenvalue weighted by Crippen LogP contribution is -2.05. The van der Waals surface area contributed by atoms with Crippen LogP contribution in [0.15, 0.2) is 67.0 Å². The van der Waals surface area contributed by atoms with Crippen LogP contribution in [-0.2, 0) is 0 Å². The highest BCUT2D eigenvalue weighted by atomic mass is 16.4. The van der Waals surface area contributed by atoms with Crippen molar-refractivity contribution in [2.24, 2.45) is 0 Å². The van der Waals surface area contributed by atoms with Gasteiger partial charge in [0.1, 0.15) is 39.4 Å². The van der Waals surface area contributed by atoms with Gasteiger partial charge in [0.15, 0.2) is 40.1 Å². The SMILES string of the molecule is O=c1c(O)c(-c2ccc(O)c(O)c2)oc2cc(O)c(-c3c(O)cc(O)c4c(=O)c(O)c(-c5ccc(O)c(O)c5)oc34)c(O)c12. The summed E-state index contributed by atoms with van der Waals surface area (Å²) in [6.07, 6.45) is 0. The largest absolute Gasteiger partial charge is 0.507 e. The third kappa shape index (κ3) is 3.89. The fourth-order valence-electron chi connectivity index (χ4n) is 4.84. The molecule has 0 bridgehead atoms. The third-order valence-corrected chi connectivity index (χ3v) is 6.94. The van der Waals surface area contributed by atoms with Gasteiger partial charge in [0, 0.05) is 23.3 Å². The minimum atomic E-state index is -1.23. The van der Waals surface area contributed by atoms with E-state index in [4.69, 9.17) is 8.83 Å². The summed E-state index contributed by atoms with van der Waals surface area (Å²) in [5, 5.41) is 102. The monoisotopic (exact) mass is 602 g/mol. The molecule has 222 valence electrons. The van der Waals surface area contributed by atoms with E-state index in [2.05, 4.69) is 0 Å². The van der Waals surface area contributed by atoms with Crippen LogP contribution in [0.4, 0.5) is 0 Å². The van der Waals surface area contributed by atoms with Gasteiger partial charge in [-0.2, -0.15) is 0 Å². The molecule has 4 aromatic carbocycles. The van der Waals surface area contributed by atoms with Crippen LogP contribution >= 0.6 is 0 Å². The van der Waals surface area contributed by atoms with Crippen molar-refractivity contribution in [2.75, 3.05) is 0 Å². The number of benzene rings is 4. The van der Waals surface area contributed by atoms with Gasteiger partial charge in [-0.1, -0.05) is 0 Å². The van der Waals surface area contributed by atoms with Crippen LogP contribution in [0.5, 0.6) is 57.5 Å². The quantitative estimate of drug-likeness (QED) is 0.129. The van der Waals surface area contributed by atoms with E-state index in [9.17, 15) is 60.7 Å². The first-order valence-electron chi connectivity index (χ1n) is 12.3. The number of rotatable bonds is 3. The molecular formula is C30H18O14. The molecule has 0 radical (unpaired) electrons. The number of aromatic hydroxyl groups is 10. The van der Waals surface area contributed by atoms with Crippen molar-refractivity contribution in [3.8, 4) is 91.3 Å². The first-order valence-corrected chi connectivity index (χ1v) is 12.3. The molecule has 10 N–H and O–H groups in total. The summed E-state index contributed by atoms with van der Waals surface area (Å²) in [6, 6.07) is 7.86. The highest BCUT2D eigenvalue weighted by molar-refractivity contribution is 6.06. The fraction of sp³-hybridized carbons (Fsp3) is 0. The zero-order chi connectivity index (χ0) is 31.8. The Kier molecular flexibility index (Phi) is 5.88. The van der Waals surface area contributed by atoms with Crippen LogP contribution in [0.3, 0.4) is 0 Å². The summed E-state index contributed by atoms with van der Waals surface area (Å²) in [5.74, 6) is -9.14. The van der Waals surface area contributed by atoms with E-state index in [0.717, 1.165) is 36.4 Å². The summed E-state index contributed by atoms with van der Waals surface area (Å²) in [6.45, 7) is 0. The Bertz CT molecular complexity index is 2330. The molecule has 14 heteroatoms. The third-order valence-electron chi connectivity index (χ3n) is 6.94. The summed E-state index contributed by atoms with van der Waals surface area (Å²) < 4.78 is 11.3. The smallest absolute Gasteiger partial charge is 0.238 e. The van der Waals surface area contributed by atoms with E-state index in [1.807, 2.05) is 0 Å². The second kappa shape index (κ2) is 9.42. The van der Waals surface area contributed by atoms with E-state index in [-0.39, 0.29) is 11.1 Å². The Balaban J connectivity index is 1.69. The number of hydrogen-bond acceptors (Lipinski definition) is 14. The van der Waals surface area contributed by atoms with Crippen LogP contribution in [0.1, 0.15) is 0 Å². The van der Waals surface area contributed by atoms with Gasteiger partial charge in [-0.25, -0.2) is 0 Å². The van der Waals surface area contributed by atoms with Crippen molar-refractivity contribution in [2.45, 2.75) is 0 Å². The molecular weight excluding hydrogens is 584 g/mol. The molecule has 0 spiro atoms. The second-order valence-corrected chi connectivity index (χ2v) is 9.61. The average molecular weight is 602 g/mol. The van der Waals surface area contributed by atoms with Crippen LogP contribution in [0.25, 0.3) is 55.7 Å². The molecule has 6 aromatic rings. The summed E-state index contributed by atoms with van der Waals surface area (Å²) in [4.78, 5) is 26.4. The van der Waals surface area contributed by atoms with E-state index in [0.29, 0.717) is 6.07 Å². The van der Waals surface area contributed by atoms with Crippen molar-refractivity contribution in [3.63, 3.8) is 0 Å². The molecule has 0 saturated carbocycles. The molecule has 44 heavy (non-hydrogen) atoms. The molecule has 0 unspecified atom stereocenters. The van der Waals surface area contributed by atoms with Crippen molar-refractivity contribution >= 4 is 21.9 Å². The molecule has 14 nitrogen and oxygen atoms in total. The maximum atomic E-state index is 13.3. The van der Waals surface area contributed by atoms with Crippen LogP contribution in [-0.4, -0.2) is 51.1 Å². The van der Waals surface area contributed by atoms with Gasteiger partial charge in [0.2, 0.25) is 22.4 Å². The lowest BCUT2D eigenvalue weighted by Gasteiger charge is -2.16. The minimum Gasteiger partial charge on any atom is -0.507 e. The van der Waals surface area contributed by atoms with Crippen molar-refractivity contribution < 1.29 is 59.9 Å². The second-order valence-electron chi connectivity index (χ2n) is 9.61. The Morgan fingerprint density at radius 1 is 0.432 bits per heavy atom. The lowest BCUT2D eigenvalue weighted by molar-refractivity contribution is 0.403. The molecule has 0 aliphatic rings. The van der Waals surface area contributed by atoms with Gasteiger partial charge >= 0.3 is 0 Å². The molecule has 0 amide bonds. The summed E-state index contributed by atoms with van der Waals surface area (Å²) >= 11 is 0. The van der Waals surface area contributed by atoms with E-state index < -0.39 is 113 Å². The van der Waals surface area contributed by atoms with Gasteiger partial charge in [-0.05, 0) is 36.4 Å². The van der Waals surface area contributed by atoms with Gasteiger partial charge < -0.3 is 59.9 Å². The number of phenolic OH excluding ortho intramolecular Hbond substituents is 8. The zero-order valence-electron chi connectivity index (χ0n) is 21.7. The van der Waals surface area contributed by atoms with Gasteiger partial charge in [-0.3, -0.25) is 9.59 Å². The van der Waals surface area contributed by atoms with Gasteiger partial charge in [-0.15, -0.1) is 0 Å². The molecule has 0 aliphatic heterocycles. The number of hydrogen-bond donors (Lipinski definition) is 10. The molecule has 2 heterocycles. The molecule has 0 atom stereocenters. The molecule has 0 saturated heterocycles. The number of fused-ring (bicyclic) bond motifs is 2. The minimum absolute atomic E-state index is 0.0589. The number of phenols is 8. The highest BCUT2D eigenvalue weighted by Gasteiger charge is 2.30. The van der Waals surface area contributed by atoms with Gasteiger partial charge in [0.05, 0.1) is 11.1 Å². The van der Waals surface area contributed by atoms with E-state index in [1.165, 1.54) is 6.07 Å². The maximum Gasteiger partial charge on any atom is 0.238 e. The molecule has 2 aromatic heterocycles. The molecule has 0 aliphatic carbocycles. The first-order chi connectivity index (χ1) is 20.8. The van der Waals surface area contributed by atoms with E-state index in [1.54, 1.807) is 0 Å². The average Bonchev–Trinajstić information content (AvgIpc) is 2.96.